The van der Waals surface area contributed by atoms with Crippen LogP contribution >= 0.6 is 0 Å². The second-order valence-corrected chi connectivity index (χ2v) is 3.86. The van der Waals surface area contributed by atoms with E-state index in [-0.39, 0.29) is 11.9 Å². The van der Waals surface area contributed by atoms with Gasteiger partial charge in [-0.2, -0.15) is 0 Å². The number of nitrogens with one attached hydrogen (secondary N) is 1. The summed E-state index contributed by atoms with van der Waals surface area (Å²) in [7, 11) is 0. The van der Waals surface area contributed by atoms with E-state index in [1.807, 2.05) is 24.3 Å². The summed E-state index contributed by atoms with van der Waals surface area (Å²) in [6.07, 6.45) is 1.70. The normalized spacial score (nSPS) is 12.5. The Balaban J connectivity index is 2.12. The molecule has 88 valence electrons. The van der Waals surface area contributed by atoms with Gasteiger partial charge >= 0.3 is 0 Å². The molecule has 0 aliphatic heterocycles. The zero-order valence-electron chi connectivity index (χ0n) is 9.55. The SMILES string of the molecule is CC(NCc1cnc2ccccc2n1)C(N)=O. The minimum Gasteiger partial charge on any atom is -0.368 e. The van der Waals surface area contributed by atoms with Gasteiger partial charge in [-0.3, -0.25) is 9.78 Å². The molecule has 0 aliphatic carbocycles. The number of nitrogens with two attached hydrogens (primary N) is 1. The van der Waals surface area contributed by atoms with Gasteiger partial charge in [0.05, 0.1) is 29.0 Å². The molecule has 1 unspecified atom stereocenters. The molecule has 1 atom stereocenters. The third-order valence-electron chi connectivity index (χ3n) is 2.51. The minimum absolute atomic E-state index is 0.372. The number of hydrogen-bond acceptors (Lipinski definition) is 4. The van der Waals surface area contributed by atoms with Gasteiger partial charge in [0.25, 0.3) is 0 Å². The van der Waals surface area contributed by atoms with E-state index in [0.29, 0.717) is 6.54 Å². The van der Waals surface area contributed by atoms with Crippen LogP contribution in [-0.4, -0.2) is 21.9 Å². The molecule has 5 heteroatoms. The first kappa shape index (κ1) is 11.5. The fourth-order valence-electron chi connectivity index (χ4n) is 1.44. The smallest absolute Gasteiger partial charge is 0.234 e. The van der Waals surface area contributed by atoms with E-state index in [1.165, 1.54) is 0 Å². The largest absolute Gasteiger partial charge is 0.368 e. The van der Waals surface area contributed by atoms with Crippen LogP contribution in [0.25, 0.3) is 11.0 Å². The Labute approximate surface area is 99.1 Å². The number of fused-ring (bicyclic) bond motifs is 1. The van der Waals surface area contributed by atoms with Crippen molar-refractivity contribution in [1.29, 1.82) is 0 Å². The van der Waals surface area contributed by atoms with E-state index in [4.69, 9.17) is 5.73 Å². The number of primary amides is 1. The van der Waals surface area contributed by atoms with Crippen LogP contribution in [-0.2, 0) is 11.3 Å². The Morgan fingerprint density at radius 2 is 2.12 bits per heavy atom. The van der Waals surface area contributed by atoms with Crippen molar-refractivity contribution in [3.63, 3.8) is 0 Å². The molecule has 0 saturated heterocycles. The van der Waals surface area contributed by atoms with Crippen molar-refractivity contribution in [2.24, 2.45) is 5.73 Å². The standard InChI is InChI=1S/C12H14N4O/c1-8(12(13)17)14-6-9-7-15-10-4-2-3-5-11(10)16-9/h2-5,7-8,14H,6H2,1H3,(H2,13,17). The average Bonchev–Trinajstić information content (AvgIpc) is 2.35. The first-order valence-electron chi connectivity index (χ1n) is 5.40. The van der Waals surface area contributed by atoms with E-state index in [1.54, 1.807) is 13.1 Å². The third kappa shape index (κ3) is 2.76. The highest BCUT2D eigenvalue weighted by Gasteiger charge is 2.07. The van der Waals surface area contributed by atoms with Crippen molar-refractivity contribution in [1.82, 2.24) is 15.3 Å². The van der Waals surface area contributed by atoms with Gasteiger partial charge in [-0.1, -0.05) is 12.1 Å². The number of carbonyl (C=O) groups is 1. The molecule has 1 heterocycles. The lowest BCUT2D eigenvalue weighted by Gasteiger charge is -2.09. The number of nitrogens with zero attached hydrogens (tertiary/aromatic N) is 2. The monoisotopic (exact) mass is 230 g/mol. The molecule has 0 saturated carbocycles. The lowest BCUT2D eigenvalue weighted by molar-refractivity contribution is -0.119. The van der Waals surface area contributed by atoms with Gasteiger partial charge < -0.3 is 11.1 Å². The second-order valence-electron chi connectivity index (χ2n) is 3.86. The molecular formula is C12H14N4O. The molecule has 1 aromatic carbocycles. The molecule has 0 spiro atoms. The van der Waals surface area contributed by atoms with Gasteiger partial charge in [-0.15, -0.1) is 0 Å². The molecule has 1 aromatic heterocycles. The summed E-state index contributed by atoms with van der Waals surface area (Å²) < 4.78 is 0. The van der Waals surface area contributed by atoms with Crippen LogP contribution in [0.15, 0.2) is 30.5 Å². The van der Waals surface area contributed by atoms with Crippen molar-refractivity contribution >= 4 is 16.9 Å². The molecule has 0 aliphatic rings. The van der Waals surface area contributed by atoms with Crippen LogP contribution in [0.5, 0.6) is 0 Å². The number of carbonyl (C=O) groups excluding carboxylic acids is 1. The maximum atomic E-state index is 10.9. The Morgan fingerprint density at radius 1 is 1.41 bits per heavy atom. The van der Waals surface area contributed by atoms with Gasteiger partial charge in [0, 0.05) is 6.54 Å². The number of hydrogen-bond donors (Lipinski definition) is 2. The maximum Gasteiger partial charge on any atom is 0.234 e. The highest BCUT2D eigenvalue weighted by Crippen LogP contribution is 2.08. The van der Waals surface area contributed by atoms with Gasteiger partial charge in [-0.25, -0.2) is 4.98 Å². The Bertz CT molecular complexity index is 541. The summed E-state index contributed by atoms with van der Waals surface area (Å²) in [5.74, 6) is -0.376. The van der Waals surface area contributed by atoms with E-state index in [9.17, 15) is 4.79 Å². The molecule has 3 N–H and O–H groups in total. The molecule has 2 rings (SSSR count). The summed E-state index contributed by atoms with van der Waals surface area (Å²) >= 11 is 0. The summed E-state index contributed by atoms with van der Waals surface area (Å²) in [5.41, 5.74) is 7.65. The summed E-state index contributed by atoms with van der Waals surface area (Å²) in [5, 5.41) is 2.99. The Morgan fingerprint density at radius 3 is 2.82 bits per heavy atom. The van der Waals surface area contributed by atoms with Crippen LogP contribution in [0, 0.1) is 0 Å². The predicted octanol–water partition coefficient (Wildman–Crippen LogP) is 0.593. The lowest BCUT2D eigenvalue weighted by atomic mass is 10.3. The lowest BCUT2D eigenvalue weighted by Crippen LogP contribution is -2.38. The van der Waals surface area contributed by atoms with Crippen molar-refractivity contribution in [3.8, 4) is 0 Å². The first-order chi connectivity index (χ1) is 8.16. The molecular weight excluding hydrogens is 216 g/mol. The number of rotatable bonds is 4. The summed E-state index contributed by atoms with van der Waals surface area (Å²) in [6.45, 7) is 2.19. The van der Waals surface area contributed by atoms with Crippen molar-refractivity contribution in [2.45, 2.75) is 19.5 Å². The van der Waals surface area contributed by atoms with E-state index < -0.39 is 0 Å². The molecule has 5 nitrogen and oxygen atoms in total. The number of benzene rings is 1. The quantitative estimate of drug-likeness (QED) is 0.805. The fraction of sp³-hybridized carbons (Fsp3) is 0.250. The van der Waals surface area contributed by atoms with Crippen LogP contribution in [0.2, 0.25) is 0 Å². The molecule has 17 heavy (non-hydrogen) atoms. The maximum absolute atomic E-state index is 10.9. The van der Waals surface area contributed by atoms with Crippen LogP contribution in [0.3, 0.4) is 0 Å². The second kappa shape index (κ2) is 4.88. The van der Waals surface area contributed by atoms with Gasteiger partial charge in [0.15, 0.2) is 0 Å². The fourth-order valence-corrected chi connectivity index (χ4v) is 1.44. The van der Waals surface area contributed by atoms with Crippen molar-refractivity contribution < 1.29 is 4.79 Å². The molecule has 0 bridgehead atoms. The van der Waals surface area contributed by atoms with Crippen LogP contribution < -0.4 is 11.1 Å². The average molecular weight is 230 g/mol. The predicted molar refractivity (Wildman–Crippen MR) is 65.0 cm³/mol. The van der Waals surface area contributed by atoms with Gasteiger partial charge in [-0.05, 0) is 19.1 Å². The first-order valence-corrected chi connectivity index (χ1v) is 5.40. The van der Waals surface area contributed by atoms with Crippen molar-refractivity contribution in [2.75, 3.05) is 0 Å². The van der Waals surface area contributed by atoms with Crippen molar-refractivity contribution in [3.05, 3.63) is 36.2 Å². The number of amides is 1. The minimum atomic E-state index is -0.376. The Hall–Kier alpha value is -2.01. The van der Waals surface area contributed by atoms with Gasteiger partial charge in [0.1, 0.15) is 0 Å². The molecule has 0 radical (unpaired) electrons. The van der Waals surface area contributed by atoms with Crippen LogP contribution in [0.1, 0.15) is 12.6 Å². The zero-order chi connectivity index (χ0) is 12.3. The number of aromatic nitrogens is 2. The highest BCUT2D eigenvalue weighted by molar-refractivity contribution is 5.79. The van der Waals surface area contributed by atoms with E-state index >= 15 is 0 Å². The van der Waals surface area contributed by atoms with Crippen LogP contribution in [0.4, 0.5) is 0 Å². The van der Waals surface area contributed by atoms with E-state index in [2.05, 4.69) is 15.3 Å². The molecule has 1 amide bonds. The van der Waals surface area contributed by atoms with E-state index in [0.717, 1.165) is 16.7 Å². The summed E-state index contributed by atoms with van der Waals surface area (Å²) in [4.78, 5) is 19.6. The topological polar surface area (TPSA) is 80.9 Å². The molecule has 2 aromatic rings. The third-order valence-corrected chi connectivity index (χ3v) is 2.51. The molecule has 0 fully saturated rings. The Kier molecular flexibility index (Phi) is 3.30. The zero-order valence-corrected chi connectivity index (χ0v) is 9.55. The number of para-hydroxylation sites is 2. The van der Waals surface area contributed by atoms with Gasteiger partial charge in [0.2, 0.25) is 5.91 Å². The highest BCUT2D eigenvalue weighted by atomic mass is 16.1. The summed E-state index contributed by atoms with van der Waals surface area (Å²) in [6, 6.07) is 7.28.